The molecule has 0 unspecified atom stereocenters. The Kier molecular flexibility index (Phi) is 7.01. The van der Waals surface area contributed by atoms with Gasteiger partial charge in [0, 0.05) is 43.0 Å². The number of nitrogens with zero attached hydrogens (tertiary/aromatic N) is 6. The second-order valence-electron chi connectivity index (χ2n) is 9.30. The normalized spacial score (nSPS) is 14.3. The van der Waals surface area contributed by atoms with E-state index in [1.54, 1.807) is 24.5 Å². The third kappa shape index (κ3) is 5.31. The molecular formula is C27H25F3N6O3. The number of aromatic nitrogens is 4. The van der Waals surface area contributed by atoms with Crippen LogP contribution in [0.5, 0.6) is 11.5 Å². The fraction of sp³-hybridized carbons (Fsp3) is 0.333. The Bertz CT molecular complexity index is 1540. The van der Waals surface area contributed by atoms with Gasteiger partial charge in [0.1, 0.15) is 22.7 Å². The number of imidazole rings is 1. The number of pyridine rings is 1. The van der Waals surface area contributed by atoms with Gasteiger partial charge in [0.05, 0.1) is 57.4 Å². The summed E-state index contributed by atoms with van der Waals surface area (Å²) in [6, 6.07) is 9.45. The van der Waals surface area contributed by atoms with Crippen LogP contribution in [0.25, 0.3) is 28.0 Å². The lowest BCUT2D eigenvalue weighted by Gasteiger charge is -2.37. The van der Waals surface area contributed by atoms with Gasteiger partial charge in [-0.25, -0.2) is 4.98 Å². The number of likely N-dealkylation sites (tertiary alicyclic amines) is 1. The highest BCUT2D eigenvalue weighted by Crippen LogP contribution is 2.37. The number of Topliss-reactive ketones (excluding diaryl/α,β-unsaturated/α-hetero) is 1. The molecule has 0 amide bonds. The van der Waals surface area contributed by atoms with E-state index in [1.165, 1.54) is 14.2 Å². The minimum Gasteiger partial charge on any atom is -0.496 e. The molecule has 0 atom stereocenters. The number of ketones is 1. The fourth-order valence-electron chi connectivity index (χ4n) is 4.71. The Morgan fingerprint density at radius 3 is 2.46 bits per heavy atom. The highest BCUT2D eigenvalue weighted by Gasteiger charge is 2.31. The van der Waals surface area contributed by atoms with Gasteiger partial charge >= 0.3 is 6.18 Å². The Hall–Kier alpha value is -4.37. The standard InChI is InChI=1S/C27H25F3N6O3/c1-38-23-9-18(10-24(39-2)26(23)22(37)3-5-27(28,29)30)21-13-32-25-11-17(4-7-35(21)25)19-12-33-36(14-19)20-15-34(16-20)8-6-31/h4,7,9-14,20H,3,5,8,15-16H2,1-2H3. The van der Waals surface area contributed by atoms with E-state index in [0.717, 1.165) is 24.2 Å². The SMILES string of the molecule is COc1cc(-c2cnc3cc(-c4cnn(C5CN(CC#N)C5)c4)ccn23)cc(OC)c1C(=O)CCC(F)(F)F. The maximum atomic E-state index is 12.7. The third-order valence-electron chi connectivity index (χ3n) is 6.77. The molecule has 0 bridgehead atoms. The quantitative estimate of drug-likeness (QED) is 0.223. The lowest BCUT2D eigenvalue weighted by molar-refractivity contribution is -0.133. The van der Waals surface area contributed by atoms with Gasteiger partial charge in [0.15, 0.2) is 5.78 Å². The lowest BCUT2D eigenvalue weighted by atomic mass is 10.0. The predicted molar refractivity (Wildman–Crippen MR) is 136 cm³/mol. The molecule has 0 saturated carbocycles. The van der Waals surface area contributed by atoms with Crippen molar-refractivity contribution in [3.63, 3.8) is 0 Å². The van der Waals surface area contributed by atoms with E-state index in [4.69, 9.17) is 14.7 Å². The summed E-state index contributed by atoms with van der Waals surface area (Å²) in [6.07, 6.45) is 0.934. The summed E-state index contributed by atoms with van der Waals surface area (Å²) in [7, 11) is 2.70. The van der Waals surface area contributed by atoms with Crippen molar-refractivity contribution in [2.75, 3.05) is 33.9 Å². The summed E-state index contributed by atoms with van der Waals surface area (Å²) >= 11 is 0. The van der Waals surface area contributed by atoms with Gasteiger partial charge in [-0.15, -0.1) is 0 Å². The molecule has 12 heteroatoms. The molecule has 1 saturated heterocycles. The molecule has 39 heavy (non-hydrogen) atoms. The van der Waals surface area contributed by atoms with Crippen LogP contribution in [0.4, 0.5) is 13.2 Å². The summed E-state index contributed by atoms with van der Waals surface area (Å²) in [5.74, 6) is -0.463. The first kappa shape index (κ1) is 26.2. The molecule has 0 N–H and O–H groups in total. The highest BCUT2D eigenvalue weighted by molar-refractivity contribution is 6.02. The molecule has 0 radical (unpaired) electrons. The van der Waals surface area contributed by atoms with Crippen LogP contribution in [0.1, 0.15) is 29.2 Å². The first-order valence-electron chi connectivity index (χ1n) is 12.2. The second-order valence-corrected chi connectivity index (χ2v) is 9.30. The number of fused-ring (bicyclic) bond motifs is 1. The Balaban J connectivity index is 1.42. The smallest absolute Gasteiger partial charge is 0.389 e. The number of rotatable bonds is 9. The molecule has 4 aromatic rings. The monoisotopic (exact) mass is 538 g/mol. The average Bonchev–Trinajstić information content (AvgIpc) is 3.55. The fourth-order valence-corrected chi connectivity index (χ4v) is 4.71. The van der Waals surface area contributed by atoms with Crippen molar-refractivity contribution in [2.24, 2.45) is 0 Å². The van der Waals surface area contributed by atoms with Crippen molar-refractivity contribution in [2.45, 2.75) is 25.1 Å². The van der Waals surface area contributed by atoms with Crippen LogP contribution in [0.3, 0.4) is 0 Å². The number of benzene rings is 1. The molecule has 3 aromatic heterocycles. The van der Waals surface area contributed by atoms with Gasteiger partial charge in [0.2, 0.25) is 0 Å². The molecule has 0 spiro atoms. The van der Waals surface area contributed by atoms with Crippen molar-refractivity contribution >= 4 is 11.4 Å². The zero-order valence-corrected chi connectivity index (χ0v) is 21.3. The van der Waals surface area contributed by atoms with Crippen LogP contribution in [0.2, 0.25) is 0 Å². The summed E-state index contributed by atoms with van der Waals surface area (Å²) in [5, 5.41) is 13.3. The number of ether oxygens (including phenoxy) is 2. The molecule has 5 rings (SSSR count). The van der Waals surface area contributed by atoms with E-state index in [2.05, 4.69) is 21.1 Å². The molecule has 0 aliphatic carbocycles. The summed E-state index contributed by atoms with van der Waals surface area (Å²) < 4.78 is 52.6. The largest absolute Gasteiger partial charge is 0.496 e. The van der Waals surface area contributed by atoms with E-state index in [9.17, 15) is 18.0 Å². The Labute approximate surface area is 222 Å². The van der Waals surface area contributed by atoms with Gasteiger partial charge in [0.25, 0.3) is 0 Å². The van der Waals surface area contributed by atoms with Crippen molar-refractivity contribution in [3.05, 3.63) is 54.6 Å². The van der Waals surface area contributed by atoms with E-state index < -0.39 is 24.8 Å². The first-order chi connectivity index (χ1) is 18.7. The molecular weight excluding hydrogens is 513 g/mol. The number of hydrogen-bond acceptors (Lipinski definition) is 7. The second kappa shape index (κ2) is 10.4. The maximum absolute atomic E-state index is 12.7. The van der Waals surface area contributed by atoms with Crippen LogP contribution in [0.15, 0.2) is 49.1 Å². The van der Waals surface area contributed by atoms with Crippen LogP contribution in [-0.4, -0.2) is 69.9 Å². The number of nitriles is 1. The van der Waals surface area contributed by atoms with Crippen LogP contribution in [0, 0.1) is 11.3 Å². The van der Waals surface area contributed by atoms with Crippen LogP contribution in [-0.2, 0) is 0 Å². The van der Waals surface area contributed by atoms with E-state index >= 15 is 0 Å². The van der Waals surface area contributed by atoms with Crippen molar-refractivity contribution in [1.29, 1.82) is 5.26 Å². The Morgan fingerprint density at radius 2 is 1.82 bits per heavy atom. The van der Waals surface area contributed by atoms with E-state index in [-0.39, 0.29) is 23.1 Å². The van der Waals surface area contributed by atoms with Gasteiger partial charge < -0.3 is 9.47 Å². The van der Waals surface area contributed by atoms with Crippen molar-refractivity contribution in [1.82, 2.24) is 24.1 Å². The summed E-state index contributed by atoms with van der Waals surface area (Å²) in [5.41, 5.74) is 3.82. The van der Waals surface area contributed by atoms with Crippen LogP contribution < -0.4 is 9.47 Å². The Morgan fingerprint density at radius 1 is 1.10 bits per heavy atom. The van der Waals surface area contributed by atoms with E-state index in [0.29, 0.717) is 23.4 Å². The zero-order chi connectivity index (χ0) is 27.7. The molecule has 1 aliphatic heterocycles. The third-order valence-corrected chi connectivity index (χ3v) is 6.77. The predicted octanol–water partition coefficient (Wildman–Crippen LogP) is 4.79. The highest BCUT2D eigenvalue weighted by atomic mass is 19.4. The van der Waals surface area contributed by atoms with Gasteiger partial charge in [-0.2, -0.15) is 23.5 Å². The molecule has 9 nitrogen and oxygen atoms in total. The van der Waals surface area contributed by atoms with Gasteiger partial charge in [-0.1, -0.05) is 0 Å². The zero-order valence-electron chi connectivity index (χ0n) is 21.3. The number of methoxy groups -OCH3 is 2. The number of alkyl halides is 3. The number of halogens is 3. The lowest BCUT2D eigenvalue weighted by Crippen LogP contribution is -2.47. The van der Waals surface area contributed by atoms with Gasteiger partial charge in [-0.05, 0) is 29.8 Å². The van der Waals surface area contributed by atoms with Gasteiger partial charge in [-0.3, -0.25) is 18.8 Å². The van der Waals surface area contributed by atoms with Crippen molar-refractivity contribution < 1.29 is 27.4 Å². The van der Waals surface area contributed by atoms with Crippen molar-refractivity contribution in [3.8, 4) is 40.0 Å². The molecule has 1 fully saturated rings. The maximum Gasteiger partial charge on any atom is 0.389 e. The average molecular weight is 539 g/mol. The van der Waals surface area contributed by atoms with Crippen LogP contribution >= 0.6 is 0 Å². The molecule has 202 valence electrons. The van der Waals surface area contributed by atoms with E-state index in [1.807, 2.05) is 33.6 Å². The molecule has 1 aliphatic rings. The molecule has 1 aromatic carbocycles. The number of carbonyl (C=O) groups excluding carboxylic acids is 1. The molecule has 4 heterocycles. The first-order valence-corrected chi connectivity index (χ1v) is 12.2. The number of carbonyl (C=O) groups is 1. The summed E-state index contributed by atoms with van der Waals surface area (Å²) in [6.45, 7) is 1.99. The topological polar surface area (TPSA) is 97.7 Å². The minimum absolute atomic E-state index is 0.0247. The minimum atomic E-state index is -4.44. The number of hydrogen-bond donors (Lipinski definition) is 0. The summed E-state index contributed by atoms with van der Waals surface area (Å²) in [4.78, 5) is 19.2.